The normalized spacial score (nSPS) is 28.1. The minimum Gasteiger partial charge on any atom is -0.463 e. The molecule has 2 unspecified atom stereocenters. The van der Waals surface area contributed by atoms with Gasteiger partial charge in [0.1, 0.15) is 12.0 Å². The molecule has 0 radical (unpaired) electrons. The fraction of sp³-hybridized carbons (Fsp3) is 0.500. The van der Waals surface area contributed by atoms with Gasteiger partial charge in [0.25, 0.3) is 0 Å². The summed E-state index contributed by atoms with van der Waals surface area (Å²) in [5, 5.41) is 5.12. The highest BCUT2D eigenvalue weighted by Gasteiger charge is 2.43. The molecule has 1 aliphatic heterocycles. The van der Waals surface area contributed by atoms with Crippen molar-refractivity contribution >= 4 is 51.9 Å². The largest absolute Gasteiger partial charge is 0.463 e. The SMILES string of the molecule is CC(=O)OCC1O[C@H](Sc2cncc(Cl)c2)C(C)[C@@H](n2cc(I)cn2)[C@H]1C. The molecule has 0 saturated carbocycles. The Morgan fingerprint density at radius 2 is 2.15 bits per heavy atom. The van der Waals surface area contributed by atoms with Crippen LogP contribution in [0.15, 0.2) is 35.7 Å². The van der Waals surface area contributed by atoms with Crippen molar-refractivity contribution in [3.8, 4) is 0 Å². The summed E-state index contributed by atoms with van der Waals surface area (Å²) < 4.78 is 14.7. The van der Waals surface area contributed by atoms with E-state index in [1.54, 1.807) is 24.2 Å². The van der Waals surface area contributed by atoms with E-state index in [2.05, 4.69) is 46.5 Å². The second-order valence-corrected chi connectivity index (χ2v) is 9.50. The molecule has 146 valence electrons. The van der Waals surface area contributed by atoms with Crippen LogP contribution in [0.1, 0.15) is 26.8 Å². The number of carbonyl (C=O) groups is 1. The highest BCUT2D eigenvalue weighted by Crippen LogP contribution is 2.44. The lowest BCUT2D eigenvalue weighted by Gasteiger charge is -2.44. The fourth-order valence-corrected chi connectivity index (χ4v) is 5.16. The Bertz CT molecular complexity index is 806. The summed E-state index contributed by atoms with van der Waals surface area (Å²) in [5.41, 5.74) is -0.145. The van der Waals surface area contributed by atoms with E-state index in [9.17, 15) is 4.79 Å². The quantitative estimate of drug-likeness (QED) is 0.428. The molecule has 5 atom stereocenters. The van der Waals surface area contributed by atoms with Crippen LogP contribution in [0.5, 0.6) is 0 Å². The van der Waals surface area contributed by atoms with Gasteiger partial charge in [-0.1, -0.05) is 37.2 Å². The van der Waals surface area contributed by atoms with Crippen LogP contribution in [0.2, 0.25) is 5.02 Å². The van der Waals surface area contributed by atoms with Crippen molar-refractivity contribution in [1.29, 1.82) is 0 Å². The minimum atomic E-state index is -0.308. The van der Waals surface area contributed by atoms with Gasteiger partial charge in [-0.2, -0.15) is 5.10 Å². The van der Waals surface area contributed by atoms with Crippen LogP contribution in [0, 0.1) is 15.4 Å². The van der Waals surface area contributed by atoms with E-state index in [0.29, 0.717) is 5.02 Å². The van der Waals surface area contributed by atoms with E-state index in [4.69, 9.17) is 21.1 Å². The lowest BCUT2D eigenvalue weighted by molar-refractivity contribution is -0.156. The highest BCUT2D eigenvalue weighted by molar-refractivity contribution is 14.1. The zero-order chi connectivity index (χ0) is 19.6. The van der Waals surface area contributed by atoms with Crippen LogP contribution in [0.4, 0.5) is 0 Å². The third-order valence-corrected chi connectivity index (χ3v) is 6.69. The summed E-state index contributed by atoms with van der Waals surface area (Å²) in [6.07, 6.45) is 7.05. The lowest BCUT2D eigenvalue weighted by atomic mass is 9.84. The molecule has 9 heteroatoms. The molecule has 0 N–H and O–H groups in total. The van der Waals surface area contributed by atoms with E-state index in [1.807, 2.05) is 23.1 Å². The number of esters is 1. The van der Waals surface area contributed by atoms with Gasteiger partial charge in [-0.3, -0.25) is 14.5 Å². The van der Waals surface area contributed by atoms with Crippen LogP contribution in [0.3, 0.4) is 0 Å². The van der Waals surface area contributed by atoms with Gasteiger partial charge in [-0.25, -0.2) is 0 Å². The molecule has 1 fully saturated rings. The summed E-state index contributed by atoms with van der Waals surface area (Å²) in [6, 6.07) is 1.99. The van der Waals surface area contributed by atoms with Crippen molar-refractivity contribution in [2.45, 2.75) is 43.2 Å². The molecule has 2 aromatic heterocycles. The first-order valence-corrected chi connectivity index (χ1v) is 10.9. The van der Waals surface area contributed by atoms with Gasteiger partial charge in [0, 0.05) is 42.2 Å². The molecule has 6 nitrogen and oxygen atoms in total. The summed E-state index contributed by atoms with van der Waals surface area (Å²) in [6.45, 7) is 5.91. The monoisotopic (exact) mass is 521 g/mol. The van der Waals surface area contributed by atoms with Gasteiger partial charge in [0.2, 0.25) is 0 Å². The summed E-state index contributed by atoms with van der Waals surface area (Å²) in [7, 11) is 0. The predicted octanol–water partition coefficient (Wildman–Crippen LogP) is 4.43. The zero-order valence-electron chi connectivity index (χ0n) is 15.2. The minimum absolute atomic E-state index is 0.118. The van der Waals surface area contributed by atoms with Gasteiger partial charge in [-0.05, 0) is 28.7 Å². The molecule has 0 amide bonds. The average Bonchev–Trinajstić information content (AvgIpc) is 3.02. The number of thioether (sulfide) groups is 1. The lowest BCUT2D eigenvalue weighted by Crippen LogP contribution is -2.47. The van der Waals surface area contributed by atoms with Crippen LogP contribution < -0.4 is 0 Å². The number of hydrogen-bond acceptors (Lipinski definition) is 6. The molecule has 0 aliphatic carbocycles. The second-order valence-electron chi connectivity index (χ2n) is 6.65. The Kier molecular flexibility index (Phi) is 7.04. The number of aromatic nitrogens is 3. The molecular weight excluding hydrogens is 501 g/mol. The van der Waals surface area contributed by atoms with E-state index < -0.39 is 0 Å². The number of carbonyl (C=O) groups excluding carboxylic acids is 1. The Balaban J connectivity index is 1.86. The van der Waals surface area contributed by atoms with Crippen molar-refractivity contribution in [1.82, 2.24) is 14.8 Å². The number of halogens is 2. The molecule has 3 rings (SSSR count). The number of pyridine rings is 1. The fourth-order valence-electron chi connectivity index (χ4n) is 3.36. The van der Waals surface area contributed by atoms with Crippen LogP contribution >= 0.6 is 46.0 Å². The zero-order valence-corrected chi connectivity index (χ0v) is 18.9. The number of rotatable bonds is 5. The third-order valence-electron chi connectivity index (χ3n) is 4.66. The maximum absolute atomic E-state index is 11.3. The van der Waals surface area contributed by atoms with Crippen LogP contribution in [-0.4, -0.2) is 38.9 Å². The molecular formula is C18H21ClIN3O3S. The van der Waals surface area contributed by atoms with Gasteiger partial charge >= 0.3 is 5.97 Å². The molecule has 0 bridgehead atoms. The Morgan fingerprint density at radius 1 is 1.37 bits per heavy atom. The maximum Gasteiger partial charge on any atom is 0.302 e. The number of nitrogens with zero attached hydrogens (tertiary/aromatic N) is 3. The average molecular weight is 522 g/mol. The maximum atomic E-state index is 11.3. The van der Waals surface area contributed by atoms with Crippen molar-refractivity contribution in [2.24, 2.45) is 11.8 Å². The first-order chi connectivity index (χ1) is 12.8. The first kappa shape index (κ1) is 20.9. The highest BCUT2D eigenvalue weighted by atomic mass is 127. The molecule has 3 heterocycles. The standard InChI is InChI=1S/C18H21ClIN3O3S/c1-10-16(9-25-12(3)24)26-18(27-15-4-13(19)5-21-7-15)11(2)17(10)23-8-14(20)6-22-23/h4-8,10-11,16-18H,9H2,1-3H3/t10-,11?,16?,17-,18+/m0/s1. The van der Waals surface area contributed by atoms with Crippen molar-refractivity contribution in [2.75, 3.05) is 6.61 Å². The van der Waals surface area contributed by atoms with E-state index in [1.165, 1.54) is 6.92 Å². The van der Waals surface area contributed by atoms with E-state index in [-0.39, 0.29) is 42.0 Å². The van der Waals surface area contributed by atoms with Gasteiger partial charge < -0.3 is 9.47 Å². The molecule has 27 heavy (non-hydrogen) atoms. The van der Waals surface area contributed by atoms with Gasteiger partial charge in [0.15, 0.2) is 0 Å². The van der Waals surface area contributed by atoms with Gasteiger partial charge in [0.05, 0.1) is 26.9 Å². The third kappa shape index (κ3) is 5.16. The molecule has 2 aromatic rings. The summed E-state index contributed by atoms with van der Waals surface area (Å²) >= 11 is 9.91. The Morgan fingerprint density at radius 3 is 2.78 bits per heavy atom. The summed E-state index contributed by atoms with van der Waals surface area (Å²) in [4.78, 5) is 16.4. The topological polar surface area (TPSA) is 66.2 Å². The van der Waals surface area contributed by atoms with Crippen molar-refractivity contribution in [3.63, 3.8) is 0 Å². The second kappa shape index (κ2) is 9.11. The van der Waals surface area contributed by atoms with Gasteiger partial charge in [-0.15, -0.1) is 0 Å². The number of ether oxygens (including phenoxy) is 2. The van der Waals surface area contributed by atoms with Crippen molar-refractivity contribution < 1.29 is 14.3 Å². The molecule has 0 aromatic carbocycles. The Labute approximate surface area is 181 Å². The van der Waals surface area contributed by atoms with Crippen LogP contribution in [-0.2, 0) is 14.3 Å². The first-order valence-electron chi connectivity index (χ1n) is 8.61. The smallest absolute Gasteiger partial charge is 0.302 e. The number of hydrogen-bond donors (Lipinski definition) is 0. The summed E-state index contributed by atoms with van der Waals surface area (Å²) in [5.74, 6) is -0.00417. The van der Waals surface area contributed by atoms with E-state index >= 15 is 0 Å². The van der Waals surface area contributed by atoms with Crippen molar-refractivity contribution in [3.05, 3.63) is 39.4 Å². The van der Waals surface area contributed by atoms with Crippen LogP contribution in [0.25, 0.3) is 0 Å². The Hall–Kier alpha value is -0.840. The molecule has 0 spiro atoms. The molecule has 1 saturated heterocycles. The predicted molar refractivity (Wildman–Crippen MR) is 113 cm³/mol. The van der Waals surface area contributed by atoms with E-state index in [0.717, 1.165) is 8.47 Å². The molecule has 1 aliphatic rings.